The highest BCUT2D eigenvalue weighted by Gasteiger charge is 2.52. The summed E-state index contributed by atoms with van der Waals surface area (Å²) in [6, 6.07) is 36.0. The third-order valence-corrected chi connectivity index (χ3v) is 10.7. The van der Waals surface area contributed by atoms with Gasteiger partial charge in [-0.3, -0.25) is 19.2 Å². The van der Waals surface area contributed by atoms with E-state index in [1.165, 1.54) is 14.3 Å². The number of nitrogens with zero attached hydrogens (tertiary/aromatic N) is 6. The first-order valence-corrected chi connectivity index (χ1v) is 19.0. The van der Waals surface area contributed by atoms with E-state index in [1.54, 1.807) is 109 Å². The van der Waals surface area contributed by atoms with Crippen LogP contribution in [0.3, 0.4) is 0 Å². The SMILES string of the molecule is C[C@H](/C=C/CC(=O)N(CCO)Cc1ccccc1)[C@@]1(O)C(=O)N(Cc2ccc(-n3ncc4ccccc4c3=O)cc2)c2ccc(-n3ncc4ccccc4c3=O)cc21. The fourth-order valence-electron chi connectivity index (χ4n) is 7.56. The molecular weight excluding hydrogens is 733 g/mol. The molecule has 7 aromatic rings. The Hall–Kier alpha value is -7.02. The van der Waals surface area contributed by atoms with Crippen LogP contribution in [0.25, 0.3) is 32.9 Å². The number of carbonyl (C=O) groups is 2. The zero-order valence-electron chi connectivity index (χ0n) is 31.7. The van der Waals surface area contributed by atoms with E-state index >= 15 is 0 Å². The fraction of sp³-hybridized carbons (Fsp3) is 0.174. The third kappa shape index (κ3) is 6.99. The maximum atomic E-state index is 14.6. The van der Waals surface area contributed by atoms with Crippen molar-refractivity contribution >= 4 is 39.0 Å². The molecule has 2 aromatic heterocycles. The van der Waals surface area contributed by atoms with Gasteiger partial charge in [0.1, 0.15) is 0 Å². The molecule has 12 nitrogen and oxygen atoms in total. The molecule has 1 aliphatic heterocycles. The number of anilines is 1. The molecule has 0 fully saturated rings. The lowest BCUT2D eigenvalue weighted by Crippen LogP contribution is -2.44. The monoisotopic (exact) mass is 772 g/mol. The number of hydrogen-bond donors (Lipinski definition) is 2. The van der Waals surface area contributed by atoms with Gasteiger partial charge in [-0.1, -0.05) is 97.9 Å². The average molecular weight is 773 g/mol. The van der Waals surface area contributed by atoms with Gasteiger partial charge in [0.15, 0.2) is 5.60 Å². The Morgan fingerprint density at radius 2 is 1.34 bits per heavy atom. The molecule has 0 aliphatic carbocycles. The van der Waals surface area contributed by atoms with Gasteiger partial charge in [0, 0.05) is 41.8 Å². The Kier molecular flexibility index (Phi) is 10.4. The number of amides is 2. The lowest BCUT2D eigenvalue weighted by Gasteiger charge is -2.28. The normalized spacial score (nSPS) is 15.6. The van der Waals surface area contributed by atoms with Gasteiger partial charge in [-0.2, -0.15) is 19.6 Å². The fourth-order valence-corrected chi connectivity index (χ4v) is 7.56. The third-order valence-electron chi connectivity index (χ3n) is 10.7. The van der Waals surface area contributed by atoms with Gasteiger partial charge in [0.25, 0.3) is 17.0 Å². The van der Waals surface area contributed by atoms with E-state index in [2.05, 4.69) is 10.2 Å². The van der Waals surface area contributed by atoms with Crippen LogP contribution in [-0.4, -0.2) is 59.6 Å². The van der Waals surface area contributed by atoms with E-state index < -0.39 is 17.4 Å². The Bertz CT molecular complexity index is 2820. The first-order valence-electron chi connectivity index (χ1n) is 19.0. The molecule has 12 heteroatoms. The summed E-state index contributed by atoms with van der Waals surface area (Å²) in [6.07, 6.45) is 6.51. The summed E-state index contributed by atoms with van der Waals surface area (Å²) in [5, 5.41) is 33.4. The second-order valence-electron chi connectivity index (χ2n) is 14.4. The predicted octanol–water partition coefficient (Wildman–Crippen LogP) is 5.42. The van der Waals surface area contributed by atoms with Crippen LogP contribution in [0.1, 0.15) is 30.0 Å². The van der Waals surface area contributed by atoms with Crippen LogP contribution in [0.5, 0.6) is 0 Å². The summed E-state index contributed by atoms with van der Waals surface area (Å²) in [5.41, 5.74) is 0.632. The van der Waals surface area contributed by atoms with Crippen molar-refractivity contribution in [2.45, 2.75) is 32.0 Å². The molecular formula is C46H40N6O6. The van der Waals surface area contributed by atoms with Gasteiger partial charge in [0.2, 0.25) is 5.91 Å². The zero-order valence-corrected chi connectivity index (χ0v) is 31.7. The van der Waals surface area contributed by atoms with E-state index in [1.807, 2.05) is 48.5 Å². The van der Waals surface area contributed by atoms with Crippen LogP contribution >= 0.6 is 0 Å². The van der Waals surface area contributed by atoms with Crippen LogP contribution < -0.4 is 16.0 Å². The Balaban J connectivity index is 1.11. The van der Waals surface area contributed by atoms with Gasteiger partial charge >= 0.3 is 0 Å². The number of carbonyl (C=O) groups excluding carboxylic acids is 2. The second kappa shape index (κ2) is 15.8. The predicted molar refractivity (Wildman–Crippen MR) is 222 cm³/mol. The molecule has 58 heavy (non-hydrogen) atoms. The quantitative estimate of drug-likeness (QED) is 0.156. The number of aliphatic hydroxyl groups is 2. The van der Waals surface area contributed by atoms with Crippen molar-refractivity contribution in [1.29, 1.82) is 0 Å². The number of aromatic nitrogens is 4. The highest BCUT2D eigenvalue weighted by molar-refractivity contribution is 6.07. The summed E-state index contributed by atoms with van der Waals surface area (Å²) in [7, 11) is 0. The van der Waals surface area contributed by atoms with Crippen molar-refractivity contribution < 1.29 is 19.8 Å². The van der Waals surface area contributed by atoms with Crippen molar-refractivity contribution in [3.05, 3.63) is 183 Å². The number of benzene rings is 5. The molecule has 3 heterocycles. The molecule has 0 spiro atoms. The van der Waals surface area contributed by atoms with Crippen LogP contribution in [0, 0.1) is 5.92 Å². The first kappa shape index (κ1) is 37.9. The van der Waals surface area contributed by atoms with Crippen LogP contribution in [0.15, 0.2) is 155 Å². The van der Waals surface area contributed by atoms with Crippen molar-refractivity contribution in [2.24, 2.45) is 5.92 Å². The lowest BCUT2D eigenvalue weighted by molar-refractivity contribution is -0.139. The number of aliphatic hydroxyl groups excluding tert-OH is 1. The molecule has 0 saturated heterocycles. The molecule has 0 unspecified atom stereocenters. The highest BCUT2D eigenvalue weighted by atomic mass is 16.3. The smallest absolute Gasteiger partial charge is 0.279 e. The molecule has 1 aliphatic rings. The lowest BCUT2D eigenvalue weighted by atomic mass is 9.82. The van der Waals surface area contributed by atoms with Crippen molar-refractivity contribution in [1.82, 2.24) is 24.5 Å². The van der Waals surface area contributed by atoms with Gasteiger partial charge < -0.3 is 20.0 Å². The summed E-state index contributed by atoms with van der Waals surface area (Å²) in [6.45, 7) is 2.09. The van der Waals surface area contributed by atoms with Crippen LogP contribution in [-0.2, 0) is 28.3 Å². The number of hydrogen-bond acceptors (Lipinski definition) is 8. The molecule has 2 amide bonds. The summed E-state index contributed by atoms with van der Waals surface area (Å²) >= 11 is 0. The van der Waals surface area contributed by atoms with E-state index in [-0.39, 0.29) is 48.7 Å². The van der Waals surface area contributed by atoms with Gasteiger partial charge in [0.05, 0.1) is 53.4 Å². The average Bonchev–Trinajstić information content (AvgIpc) is 3.46. The van der Waals surface area contributed by atoms with E-state index in [0.717, 1.165) is 16.5 Å². The first-order chi connectivity index (χ1) is 28.2. The summed E-state index contributed by atoms with van der Waals surface area (Å²) in [4.78, 5) is 57.8. The van der Waals surface area contributed by atoms with Gasteiger partial charge in [-0.15, -0.1) is 0 Å². The van der Waals surface area contributed by atoms with E-state index in [0.29, 0.717) is 39.8 Å². The Morgan fingerprint density at radius 3 is 1.98 bits per heavy atom. The maximum absolute atomic E-state index is 14.6. The second-order valence-corrected chi connectivity index (χ2v) is 14.4. The van der Waals surface area contributed by atoms with Crippen molar-refractivity contribution in [3.8, 4) is 11.4 Å². The van der Waals surface area contributed by atoms with E-state index in [9.17, 15) is 29.4 Å². The number of fused-ring (bicyclic) bond motifs is 3. The molecule has 0 radical (unpaired) electrons. The largest absolute Gasteiger partial charge is 0.395 e. The molecule has 0 bridgehead atoms. The van der Waals surface area contributed by atoms with Crippen molar-refractivity contribution in [2.75, 3.05) is 18.1 Å². The van der Waals surface area contributed by atoms with Gasteiger partial charge in [-0.25, -0.2) is 0 Å². The summed E-state index contributed by atoms with van der Waals surface area (Å²) in [5.74, 6) is -1.62. The zero-order chi connectivity index (χ0) is 40.4. The molecule has 290 valence electrons. The Morgan fingerprint density at radius 1 is 0.759 bits per heavy atom. The minimum Gasteiger partial charge on any atom is -0.395 e. The molecule has 2 atom stereocenters. The standard InChI is InChI=1S/C46H40N6O6/c1-31(10-9-17-42(54)49(24-25-53)29-32-11-3-2-4-12-32)46(58)40-26-37(52-44(56)39-16-8-6-14-35(39)28-48-52)22-23-41(40)50(45(46)57)30-33-18-20-36(21-19-33)51-43(55)38-15-7-5-13-34(38)27-47-51/h2-16,18-23,26-28,31,53,58H,17,24-25,29-30H2,1H3/b10-9+/t31-,46+/m1/s1. The van der Waals surface area contributed by atoms with E-state index in [4.69, 9.17) is 0 Å². The molecule has 0 saturated carbocycles. The topological polar surface area (TPSA) is 151 Å². The molecule has 8 rings (SSSR count). The minimum absolute atomic E-state index is 0.0179. The van der Waals surface area contributed by atoms with Crippen molar-refractivity contribution in [3.63, 3.8) is 0 Å². The maximum Gasteiger partial charge on any atom is 0.279 e. The Labute approximate surface area is 333 Å². The summed E-state index contributed by atoms with van der Waals surface area (Å²) < 4.78 is 2.58. The molecule has 5 aromatic carbocycles. The molecule has 2 N–H and O–H groups in total. The minimum atomic E-state index is -2.08. The van der Waals surface area contributed by atoms with Gasteiger partial charge in [-0.05, 0) is 53.6 Å². The highest BCUT2D eigenvalue weighted by Crippen LogP contribution is 2.46. The van der Waals surface area contributed by atoms with Crippen LogP contribution in [0.2, 0.25) is 0 Å². The number of rotatable bonds is 12. The van der Waals surface area contributed by atoms with Crippen LogP contribution in [0.4, 0.5) is 5.69 Å².